The molecule has 0 aliphatic carbocycles. The van der Waals surface area contributed by atoms with Crippen LogP contribution in [0.1, 0.15) is 11.1 Å². The third-order valence-electron chi connectivity index (χ3n) is 3.98. The van der Waals surface area contributed by atoms with Gasteiger partial charge in [0.15, 0.2) is 11.0 Å². The molecule has 1 fully saturated rings. The van der Waals surface area contributed by atoms with Gasteiger partial charge in [-0.25, -0.2) is 0 Å². The van der Waals surface area contributed by atoms with E-state index in [2.05, 4.69) is 52.0 Å². The molecule has 0 unspecified atom stereocenters. The van der Waals surface area contributed by atoms with Crippen LogP contribution in [0.15, 0.2) is 30.3 Å². The van der Waals surface area contributed by atoms with Gasteiger partial charge in [-0.15, -0.1) is 10.2 Å². The molecule has 5 heteroatoms. The van der Waals surface area contributed by atoms with E-state index >= 15 is 0 Å². The van der Waals surface area contributed by atoms with Crippen molar-refractivity contribution in [3.8, 4) is 0 Å². The minimum Gasteiger partial charge on any atom is -0.368 e. The summed E-state index contributed by atoms with van der Waals surface area (Å²) in [5.74, 6) is 0.903. The number of rotatable bonds is 2. The molecule has 0 amide bonds. The molecule has 110 valence electrons. The van der Waals surface area contributed by atoms with Crippen LogP contribution >= 0.6 is 11.6 Å². The molecule has 1 saturated heterocycles. The number of nitrogens with zero attached hydrogens (tertiary/aromatic N) is 4. The van der Waals surface area contributed by atoms with Crippen LogP contribution in [0.5, 0.6) is 0 Å². The number of piperazine rings is 1. The second kappa shape index (κ2) is 5.90. The molecule has 0 spiro atoms. The molecule has 0 atom stereocenters. The molecule has 0 saturated carbocycles. The average Bonchev–Trinajstić information content (AvgIpc) is 2.49. The maximum atomic E-state index is 5.79. The first kappa shape index (κ1) is 14.1. The van der Waals surface area contributed by atoms with Crippen LogP contribution in [0.2, 0.25) is 5.15 Å². The third-order valence-corrected chi connectivity index (χ3v) is 4.18. The Morgan fingerprint density at radius 1 is 0.857 bits per heavy atom. The summed E-state index contributed by atoms with van der Waals surface area (Å²) in [6.45, 7) is 8.25. The lowest BCUT2D eigenvalue weighted by Crippen LogP contribution is -2.47. The third kappa shape index (κ3) is 2.95. The summed E-state index contributed by atoms with van der Waals surface area (Å²) in [5.41, 5.74) is 4.06. The van der Waals surface area contributed by atoms with Gasteiger partial charge in [0.05, 0.1) is 0 Å². The smallest absolute Gasteiger partial charge is 0.151 e. The second-order valence-electron chi connectivity index (χ2n) is 5.43. The molecule has 4 nitrogen and oxygen atoms in total. The number of halogens is 1. The number of hydrogen-bond acceptors (Lipinski definition) is 4. The topological polar surface area (TPSA) is 32.3 Å². The van der Waals surface area contributed by atoms with E-state index in [9.17, 15) is 0 Å². The highest BCUT2D eigenvalue weighted by Crippen LogP contribution is 2.26. The molecule has 1 aromatic heterocycles. The van der Waals surface area contributed by atoms with Crippen molar-refractivity contribution in [2.75, 3.05) is 36.0 Å². The molecule has 3 rings (SSSR count). The summed E-state index contributed by atoms with van der Waals surface area (Å²) in [6.07, 6.45) is 0. The molecule has 0 N–H and O–H groups in total. The number of para-hydroxylation sites is 1. The largest absolute Gasteiger partial charge is 0.368 e. The Balaban J connectivity index is 1.72. The van der Waals surface area contributed by atoms with E-state index < -0.39 is 0 Å². The molecular formula is C16H19ClN4. The standard InChI is InChI=1S/C16H19ClN4/c1-12-4-3-5-13(2)16(12)21-10-8-20(9-11-21)15-7-6-14(17)18-19-15/h3-7H,8-11H2,1-2H3. The Morgan fingerprint density at radius 3 is 2.05 bits per heavy atom. The normalized spacial score (nSPS) is 15.4. The molecule has 1 aliphatic heterocycles. The quantitative estimate of drug-likeness (QED) is 0.853. The van der Waals surface area contributed by atoms with Crippen molar-refractivity contribution in [1.29, 1.82) is 0 Å². The SMILES string of the molecule is Cc1cccc(C)c1N1CCN(c2ccc(Cl)nn2)CC1. The van der Waals surface area contributed by atoms with E-state index in [4.69, 9.17) is 11.6 Å². The van der Waals surface area contributed by atoms with E-state index in [1.165, 1.54) is 16.8 Å². The van der Waals surface area contributed by atoms with E-state index in [0.717, 1.165) is 32.0 Å². The van der Waals surface area contributed by atoms with Crippen LogP contribution in [0.25, 0.3) is 0 Å². The summed E-state index contributed by atoms with van der Waals surface area (Å²) in [6, 6.07) is 10.2. The van der Waals surface area contributed by atoms with Crippen molar-refractivity contribution < 1.29 is 0 Å². The van der Waals surface area contributed by atoms with Gasteiger partial charge >= 0.3 is 0 Å². The average molecular weight is 303 g/mol. The fourth-order valence-corrected chi connectivity index (χ4v) is 3.04. The lowest BCUT2D eigenvalue weighted by molar-refractivity contribution is 0.641. The summed E-state index contributed by atoms with van der Waals surface area (Å²) in [4.78, 5) is 4.72. The van der Waals surface area contributed by atoms with Crippen molar-refractivity contribution in [3.63, 3.8) is 0 Å². The fraction of sp³-hybridized carbons (Fsp3) is 0.375. The predicted molar refractivity (Wildman–Crippen MR) is 87.4 cm³/mol. The van der Waals surface area contributed by atoms with Crippen LogP contribution in [-0.4, -0.2) is 36.4 Å². The predicted octanol–water partition coefficient (Wildman–Crippen LogP) is 3.07. The van der Waals surface area contributed by atoms with Gasteiger partial charge in [0.2, 0.25) is 0 Å². The van der Waals surface area contributed by atoms with Gasteiger partial charge in [0.1, 0.15) is 0 Å². The van der Waals surface area contributed by atoms with Crippen LogP contribution in [0, 0.1) is 13.8 Å². The van der Waals surface area contributed by atoms with Gasteiger partial charge in [-0.1, -0.05) is 29.8 Å². The van der Waals surface area contributed by atoms with Crippen molar-refractivity contribution >= 4 is 23.1 Å². The van der Waals surface area contributed by atoms with E-state index in [0.29, 0.717) is 5.15 Å². The maximum Gasteiger partial charge on any atom is 0.151 e. The van der Waals surface area contributed by atoms with Gasteiger partial charge < -0.3 is 9.80 Å². The number of hydrogen-bond donors (Lipinski definition) is 0. The molecule has 2 heterocycles. The first-order valence-corrected chi connectivity index (χ1v) is 7.58. The Bertz CT molecular complexity index is 598. The molecule has 1 aliphatic rings. The number of anilines is 2. The van der Waals surface area contributed by atoms with E-state index in [-0.39, 0.29) is 0 Å². The zero-order valence-electron chi connectivity index (χ0n) is 12.4. The van der Waals surface area contributed by atoms with Crippen LogP contribution in [0.3, 0.4) is 0 Å². The molecule has 21 heavy (non-hydrogen) atoms. The van der Waals surface area contributed by atoms with Crippen LogP contribution in [-0.2, 0) is 0 Å². The minimum atomic E-state index is 0.438. The molecule has 1 aromatic carbocycles. The maximum absolute atomic E-state index is 5.79. The summed E-state index contributed by atoms with van der Waals surface area (Å²) >= 11 is 5.79. The lowest BCUT2D eigenvalue weighted by Gasteiger charge is -2.37. The van der Waals surface area contributed by atoms with Crippen LogP contribution in [0.4, 0.5) is 11.5 Å². The number of aryl methyl sites for hydroxylation is 2. The Hall–Kier alpha value is -1.81. The van der Waals surface area contributed by atoms with Crippen molar-refractivity contribution in [1.82, 2.24) is 10.2 Å². The van der Waals surface area contributed by atoms with E-state index in [1.807, 2.05) is 6.07 Å². The minimum absolute atomic E-state index is 0.438. The number of aromatic nitrogens is 2. The molecule has 2 aromatic rings. The van der Waals surface area contributed by atoms with Crippen molar-refractivity contribution in [2.45, 2.75) is 13.8 Å². The zero-order chi connectivity index (χ0) is 14.8. The summed E-state index contributed by atoms with van der Waals surface area (Å²) in [7, 11) is 0. The second-order valence-corrected chi connectivity index (χ2v) is 5.82. The van der Waals surface area contributed by atoms with Crippen molar-refractivity contribution in [2.24, 2.45) is 0 Å². The molecule has 0 bridgehead atoms. The number of benzene rings is 1. The fourth-order valence-electron chi connectivity index (χ4n) is 2.94. The lowest BCUT2D eigenvalue weighted by atomic mass is 10.1. The Labute approximate surface area is 130 Å². The zero-order valence-corrected chi connectivity index (χ0v) is 13.1. The molecule has 0 radical (unpaired) electrons. The summed E-state index contributed by atoms with van der Waals surface area (Å²) in [5, 5.41) is 8.52. The van der Waals surface area contributed by atoms with Crippen LogP contribution < -0.4 is 9.80 Å². The van der Waals surface area contributed by atoms with Crippen molar-refractivity contribution in [3.05, 3.63) is 46.6 Å². The van der Waals surface area contributed by atoms with Gasteiger partial charge in [0, 0.05) is 31.9 Å². The highest BCUT2D eigenvalue weighted by atomic mass is 35.5. The molecular weight excluding hydrogens is 284 g/mol. The highest BCUT2D eigenvalue weighted by Gasteiger charge is 2.20. The first-order chi connectivity index (χ1) is 10.1. The Morgan fingerprint density at radius 2 is 1.48 bits per heavy atom. The first-order valence-electron chi connectivity index (χ1n) is 7.20. The monoisotopic (exact) mass is 302 g/mol. The van der Waals surface area contributed by atoms with Gasteiger partial charge in [0.25, 0.3) is 0 Å². The Kier molecular flexibility index (Phi) is 3.97. The van der Waals surface area contributed by atoms with Gasteiger partial charge in [-0.2, -0.15) is 0 Å². The van der Waals surface area contributed by atoms with Gasteiger partial charge in [-0.05, 0) is 37.1 Å². The highest BCUT2D eigenvalue weighted by molar-refractivity contribution is 6.29. The summed E-state index contributed by atoms with van der Waals surface area (Å²) < 4.78 is 0. The van der Waals surface area contributed by atoms with E-state index in [1.54, 1.807) is 6.07 Å². The van der Waals surface area contributed by atoms with Gasteiger partial charge in [-0.3, -0.25) is 0 Å².